The Labute approximate surface area is 83.9 Å². The zero-order valence-electron chi connectivity index (χ0n) is 8.23. The van der Waals surface area contributed by atoms with Crippen LogP contribution in [-0.2, 0) is 6.42 Å². The van der Waals surface area contributed by atoms with Crippen LogP contribution in [0.1, 0.15) is 25.0 Å². The van der Waals surface area contributed by atoms with Crippen LogP contribution >= 0.6 is 0 Å². The molecule has 1 aromatic heterocycles. The molecule has 2 saturated carbocycles. The van der Waals surface area contributed by atoms with E-state index in [2.05, 4.69) is 0 Å². The summed E-state index contributed by atoms with van der Waals surface area (Å²) in [7, 11) is 0. The van der Waals surface area contributed by atoms with Crippen molar-refractivity contribution in [2.75, 3.05) is 0 Å². The average molecular weight is 192 g/mol. The van der Waals surface area contributed by atoms with Gasteiger partial charge in [0.15, 0.2) is 0 Å². The number of aliphatic hydroxyl groups excluding tert-OH is 1. The molecule has 0 saturated heterocycles. The molecule has 3 unspecified atom stereocenters. The molecule has 0 aliphatic heterocycles. The van der Waals surface area contributed by atoms with Gasteiger partial charge in [0.25, 0.3) is 0 Å². The minimum Gasteiger partial charge on any atom is -0.469 e. The third-order valence-electron chi connectivity index (χ3n) is 3.81. The SMILES string of the molecule is OC(Cc1ccco1)C1CC2CC2C1. The first-order valence-corrected chi connectivity index (χ1v) is 5.53. The summed E-state index contributed by atoms with van der Waals surface area (Å²) in [6.07, 6.45) is 6.09. The summed E-state index contributed by atoms with van der Waals surface area (Å²) in [6.45, 7) is 0. The van der Waals surface area contributed by atoms with E-state index in [0.717, 1.165) is 17.6 Å². The van der Waals surface area contributed by atoms with Gasteiger partial charge >= 0.3 is 0 Å². The smallest absolute Gasteiger partial charge is 0.106 e. The van der Waals surface area contributed by atoms with Crippen molar-refractivity contribution in [3.63, 3.8) is 0 Å². The van der Waals surface area contributed by atoms with Gasteiger partial charge in [0, 0.05) is 6.42 Å². The topological polar surface area (TPSA) is 33.4 Å². The van der Waals surface area contributed by atoms with Gasteiger partial charge in [-0.05, 0) is 49.1 Å². The summed E-state index contributed by atoms with van der Waals surface area (Å²) < 4.78 is 5.24. The first-order valence-electron chi connectivity index (χ1n) is 5.53. The lowest BCUT2D eigenvalue weighted by Crippen LogP contribution is -2.21. The lowest BCUT2D eigenvalue weighted by Gasteiger charge is -2.18. The molecule has 2 fully saturated rings. The summed E-state index contributed by atoms with van der Waals surface area (Å²) in [5.41, 5.74) is 0. The number of hydrogen-bond acceptors (Lipinski definition) is 2. The van der Waals surface area contributed by atoms with Gasteiger partial charge in [0.1, 0.15) is 5.76 Å². The lowest BCUT2D eigenvalue weighted by molar-refractivity contribution is 0.0986. The minimum absolute atomic E-state index is 0.186. The quantitative estimate of drug-likeness (QED) is 0.796. The van der Waals surface area contributed by atoms with E-state index in [1.54, 1.807) is 6.26 Å². The number of aliphatic hydroxyl groups is 1. The van der Waals surface area contributed by atoms with Crippen molar-refractivity contribution in [3.8, 4) is 0 Å². The van der Waals surface area contributed by atoms with Gasteiger partial charge in [-0.1, -0.05) is 0 Å². The molecule has 0 amide bonds. The first-order chi connectivity index (χ1) is 6.83. The molecule has 3 rings (SSSR count). The fourth-order valence-corrected chi connectivity index (χ4v) is 2.88. The van der Waals surface area contributed by atoms with E-state index in [-0.39, 0.29) is 6.10 Å². The van der Waals surface area contributed by atoms with Gasteiger partial charge in [-0.25, -0.2) is 0 Å². The fraction of sp³-hybridized carbons (Fsp3) is 0.667. The van der Waals surface area contributed by atoms with Crippen LogP contribution in [0.2, 0.25) is 0 Å². The molecule has 14 heavy (non-hydrogen) atoms. The predicted octanol–water partition coefficient (Wildman–Crippen LogP) is 2.23. The predicted molar refractivity (Wildman–Crippen MR) is 52.7 cm³/mol. The molecule has 1 aromatic rings. The van der Waals surface area contributed by atoms with Crippen molar-refractivity contribution in [2.24, 2.45) is 17.8 Å². The highest BCUT2D eigenvalue weighted by Gasteiger charge is 2.47. The summed E-state index contributed by atoms with van der Waals surface area (Å²) in [6, 6.07) is 3.83. The van der Waals surface area contributed by atoms with E-state index in [1.165, 1.54) is 19.3 Å². The lowest BCUT2D eigenvalue weighted by atomic mass is 9.94. The van der Waals surface area contributed by atoms with E-state index >= 15 is 0 Å². The van der Waals surface area contributed by atoms with Crippen LogP contribution in [0, 0.1) is 17.8 Å². The van der Waals surface area contributed by atoms with Crippen molar-refractivity contribution in [2.45, 2.75) is 31.8 Å². The molecular weight excluding hydrogens is 176 g/mol. The zero-order chi connectivity index (χ0) is 9.54. The Morgan fingerprint density at radius 2 is 2.14 bits per heavy atom. The Hall–Kier alpha value is -0.760. The maximum Gasteiger partial charge on any atom is 0.106 e. The standard InChI is InChI=1S/C12H16O2/c13-12(7-11-2-1-3-14-11)10-5-8-4-9(8)6-10/h1-3,8-10,12-13H,4-7H2. The Bertz CT molecular complexity index is 294. The minimum atomic E-state index is -0.186. The summed E-state index contributed by atoms with van der Waals surface area (Å²) in [5, 5.41) is 10.00. The molecule has 0 radical (unpaired) electrons. The summed E-state index contributed by atoms with van der Waals surface area (Å²) >= 11 is 0. The van der Waals surface area contributed by atoms with Gasteiger partial charge in [-0.15, -0.1) is 0 Å². The van der Waals surface area contributed by atoms with E-state index in [1.807, 2.05) is 12.1 Å². The van der Waals surface area contributed by atoms with Gasteiger partial charge in [-0.2, -0.15) is 0 Å². The molecule has 76 valence electrons. The Balaban J connectivity index is 1.58. The average Bonchev–Trinajstić information content (AvgIpc) is 2.68. The highest BCUT2D eigenvalue weighted by molar-refractivity contribution is 5.03. The molecule has 2 aliphatic rings. The first kappa shape index (κ1) is 8.54. The monoisotopic (exact) mass is 192 g/mol. The van der Waals surface area contributed by atoms with Crippen LogP contribution in [0.5, 0.6) is 0 Å². The number of fused-ring (bicyclic) bond motifs is 1. The summed E-state index contributed by atoms with van der Waals surface area (Å²) in [4.78, 5) is 0. The molecular formula is C12H16O2. The summed E-state index contributed by atoms with van der Waals surface area (Å²) in [5.74, 6) is 3.35. The third-order valence-corrected chi connectivity index (χ3v) is 3.81. The Morgan fingerprint density at radius 1 is 1.36 bits per heavy atom. The van der Waals surface area contributed by atoms with Crippen molar-refractivity contribution in [1.29, 1.82) is 0 Å². The van der Waals surface area contributed by atoms with E-state index in [0.29, 0.717) is 12.3 Å². The molecule has 2 heteroatoms. The van der Waals surface area contributed by atoms with Crippen molar-refractivity contribution < 1.29 is 9.52 Å². The van der Waals surface area contributed by atoms with E-state index in [4.69, 9.17) is 4.42 Å². The maximum atomic E-state index is 10.00. The third kappa shape index (κ3) is 1.48. The molecule has 0 spiro atoms. The van der Waals surface area contributed by atoms with Crippen LogP contribution in [0.25, 0.3) is 0 Å². The highest BCUT2D eigenvalue weighted by Crippen LogP contribution is 2.55. The van der Waals surface area contributed by atoms with Crippen LogP contribution in [0.3, 0.4) is 0 Å². The largest absolute Gasteiger partial charge is 0.469 e. The molecule has 2 aliphatic carbocycles. The molecule has 0 aromatic carbocycles. The number of hydrogen-bond donors (Lipinski definition) is 1. The van der Waals surface area contributed by atoms with Crippen molar-refractivity contribution >= 4 is 0 Å². The van der Waals surface area contributed by atoms with Gasteiger partial charge < -0.3 is 9.52 Å². The van der Waals surface area contributed by atoms with E-state index < -0.39 is 0 Å². The Morgan fingerprint density at radius 3 is 2.79 bits per heavy atom. The molecule has 3 atom stereocenters. The van der Waals surface area contributed by atoms with Gasteiger partial charge in [0.05, 0.1) is 12.4 Å². The number of furan rings is 1. The van der Waals surface area contributed by atoms with Crippen LogP contribution in [-0.4, -0.2) is 11.2 Å². The van der Waals surface area contributed by atoms with Crippen LogP contribution in [0.4, 0.5) is 0 Å². The Kier molecular flexibility index (Phi) is 1.91. The number of rotatable bonds is 3. The highest BCUT2D eigenvalue weighted by atomic mass is 16.3. The normalized spacial score (nSPS) is 36.8. The van der Waals surface area contributed by atoms with Gasteiger partial charge in [0.2, 0.25) is 0 Å². The molecule has 1 heterocycles. The van der Waals surface area contributed by atoms with E-state index in [9.17, 15) is 5.11 Å². The maximum absolute atomic E-state index is 10.00. The van der Waals surface area contributed by atoms with Crippen molar-refractivity contribution in [3.05, 3.63) is 24.2 Å². The fourth-order valence-electron chi connectivity index (χ4n) is 2.88. The van der Waals surface area contributed by atoms with Crippen molar-refractivity contribution in [1.82, 2.24) is 0 Å². The zero-order valence-corrected chi connectivity index (χ0v) is 8.23. The molecule has 1 N–H and O–H groups in total. The second kappa shape index (κ2) is 3.13. The van der Waals surface area contributed by atoms with Crippen LogP contribution < -0.4 is 0 Å². The second-order valence-corrected chi connectivity index (χ2v) is 4.84. The molecule has 2 nitrogen and oxygen atoms in total. The molecule has 0 bridgehead atoms. The van der Waals surface area contributed by atoms with Crippen LogP contribution in [0.15, 0.2) is 22.8 Å². The second-order valence-electron chi connectivity index (χ2n) is 4.84. The van der Waals surface area contributed by atoms with Gasteiger partial charge in [-0.3, -0.25) is 0 Å².